The van der Waals surface area contributed by atoms with Crippen molar-refractivity contribution in [1.82, 2.24) is 0 Å². The fraction of sp³-hybridized carbons (Fsp3) is 0.571. The molecule has 0 aliphatic heterocycles. The molecule has 90 valence electrons. The first-order valence-electron chi connectivity index (χ1n) is 6.33. The van der Waals surface area contributed by atoms with Crippen molar-refractivity contribution in [2.75, 3.05) is 19.7 Å². The van der Waals surface area contributed by atoms with Gasteiger partial charge in [0.05, 0.1) is 6.54 Å². The number of rotatable bonds is 7. The molecule has 2 nitrogen and oxygen atoms in total. The molecule has 0 aliphatic rings. The van der Waals surface area contributed by atoms with Gasteiger partial charge in [-0.05, 0) is 30.9 Å². The third-order valence-electron chi connectivity index (χ3n) is 2.93. The van der Waals surface area contributed by atoms with Crippen LogP contribution < -0.4 is 10.1 Å². The lowest BCUT2D eigenvalue weighted by atomic mass is 9.98. The van der Waals surface area contributed by atoms with Crippen LogP contribution in [0.2, 0.25) is 0 Å². The Labute approximate surface area is 99.0 Å². The fourth-order valence-corrected chi connectivity index (χ4v) is 1.70. The first-order valence-corrected chi connectivity index (χ1v) is 6.33. The number of ether oxygens (including phenoxy) is 1. The number of benzene rings is 1. The van der Waals surface area contributed by atoms with E-state index in [1.165, 1.54) is 5.56 Å². The van der Waals surface area contributed by atoms with E-state index in [4.69, 9.17) is 4.74 Å². The largest absolute Gasteiger partial charge is 0.487 e. The highest BCUT2D eigenvalue weighted by molar-refractivity contribution is 5.35. The second-order valence-electron chi connectivity index (χ2n) is 4.18. The van der Waals surface area contributed by atoms with E-state index in [1.54, 1.807) is 0 Å². The van der Waals surface area contributed by atoms with Gasteiger partial charge in [0.1, 0.15) is 18.9 Å². The van der Waals surface area contributed by atoms with Gasteiger partial charge in [-0.3, -0.25) is 0 Å². The number of nitrogens with two attached hydrogens (primary N) is 1. The minimum atomic E-state index is 0.575. The zero-order valence-corrected chi connectivity index (χ0v) is 10.7. The Morgan fingerprint density at radius 1 is 1.25 bits per heavy atom. The molecule has 1 atom stereocenters. The van der Waals surface area contributed by atoms with Crippen LogP contribution in [-0.4, -0.2) is 19.7 Å². The van der Waals surface area contributed by atoms with E-state index < -0.39 is 0 Å². The molecular weight excluding hydrogens is 198 g/mol. The van der Waals surface area contributed by atoms with Crippen LogP contribution in [0.5, 0.6) is 5.75 Å². The van der Waals surface area contributed by atoms with Gasteiger partial charge in [0.2, 0.25) is 0 Å². The van der Waals surface area contributed by atoms with Crippen LogP contribution in [0.25, 0.3) is 0 Å². The number of quaternary nitrogens is 1. The standard InChI is InChI=1S/C14H23NO/c1-4-12(3)13-8-6-7-9-14(13)16-11-10-15-5-2/h6-9,12,15H,4-5,10-11H2,1-3H3/p+1/t12-/m1/s1. The highest BCUT2D eigenvalue weighted by Gasteiger charge is 2.09. The summed E-state index contributed by atoms with van der Waals surface area (Å²) in [5, 5.41) is 2.26. The third kappa shape index (κ3) is 3.86. The quantitative estimate of drug-likeness (QED) is 0.703. The van der Waals surface area contributed by atoms with Gasteiger partial charge in [0.25, 0.3) is 0 Å². The van der Waals surface area contributed by atoms with Gasteiger partial charge in [-0.25, -0.2) is 0 Å². The highest BCUT2D eigenvalue weighted by Crippen LogP contribution is 2.28. The van der Waals surface area contributed by atoms with Crippen molar-refractivity contribution in [1.29, 1.82) is 0 Å². The molecule has 1 aromatic rings. The van der Waals surface area contributed by atoms with Crippen molar-refractivity contribution in [3.05, 3.63) is 29.8 Å². The summed E-state index contributed by atoms with van der Waals surface area (Å²) in [6, 6.07) is 8.39. The maximum absolute atomic E-state index is 5.83. The normalized spacial score (nSPS) is 12.4. The molecule has 0 spiro atoms. The lowest BCUT2D eigenvalue weighted by molar-refractivity contribution is -0.652. The maximum Gasteiger partial charge on any atom is 0.137 e. The van der Waals surface area contributed by atoms with Gasteiger partial charge in [-0.2, -0.15) is 0 Å². The Morgan fingerprint density at radius 2 is 2.00 bits per heavy atom. The van der Waals surface area contributed by atoms with Crippen LogP contribution in [-0.2, 0) is 0 Å². The second-order valence-corrected chi connectivity index (χ2v) is 4.18. The van der Waals surface area contributed by atoms with Crippen LogP contribution in [0.1, 0.15) is 38.7 Å². The average Bonchev–Trinajstić information content (AvgIpc) is 2.34. The summed E-state index contributed by atoms with van der Waals surface area (Å²) in [5.41, 5.74) is 1.33. The molecule has 0 fully saturated rings. The van der Waals surface area contributed by atoms with E-state index in [2.05, 4.69) is 44.3 Å². The summed E-state index contributed by atoms with van der Waals surface area (Å²) >= 11 is 0. The molecule has 0 aromatic heterocycles. The third-order valence-corrected chi connectivity index (χ3v) is 2.93. The van der Waals surface area contributed by atoms with Crippen LogP contribution in [0, 0.1) is 0 Å². The zero-order chi connectivity index (χ0) is 11.8. The molecule has 0 aliphatic carbocycles. The molecule has 0 saturated heterocycles. The molecule has 0 heterocycles. The Morgan fingerprint density at radius 3 is 2.69 bits per heavy atom. The summed E-state index contributed by atoms with van der Waals surface area (Å²) in [6.07, 6.45) is 1.15. The van der Waals surface area contributed by atoms with E-state index in [1.807, 2.05) is 6.07 Å². The topological polar surface area (TPSA) is 25.8 Å². The predicted molar refractivity (Wildman–Crippen MR) is 68.0 cm³/mol. The van der Waals surface area contributed by atoms with Gasteiger partial charge in [-0.15, -0.1) is 0 Å². The van der Waals surface area contributed by atoms with Gasteiger partial charge in [0.15, 0.2) is 0 Å². The lowest BCUT2D eigenvalue weighted by Crippen LogP contribution is -2.84. The summed E-state index contributed by atoms with van der Waals surface area (Å²) in [7, 11) is 0. The van der Waals surface area contributed by atoms with Crippen molar-refractivity contribution in [2.45, 2.75) is 33.1 Å². The fourth-order valence-electron chi connectivity index (χ4n) is 1.70. The average molecular weight is 222 g/mol. The van der Waals surface area contributed by atoms with Crippen molar-refractivity contribution >= 4 is 0 Å². The van der Waals surface area contributed by atoms with Crippen molar-refractivity contribution in [2.24, 2.45) is 0 Å². The van der Waals surface area contributed by atoms with Crippen LogP contribution in [0.15, 0.2) is 24.3 Å². The SMILES string of the molecule is CC[NH2+]CCOc1ccccc1[C@H](C)CC. The maximum atomic E-state index is 5.83. The molecule has 1 aromatic carbocycles. The summed E-state index contributed by atoms with van der Waals surface area (Å²) in [5.74, 6) is 1.63. The summed E-state index contributed by atoms with van der Waals surface area (Å²) < 4.78 is 5.83. The van der Waals surface area contributed by atoms with E-state index in [0.29, 0.717) is 5.92 Å². The van der Waals surface area contributed by atoms with E-state index in [9.17, 15) is 0 Å². The zero-order valence-electron chi connectivity index (χ0n) is 10.7. The second kappa shape index (κ2) is 7.29. The van der Waals surface area contributed by atoms with Crippen LogP contribution in [0.4, 0.5) is 0 Å². The van der Waals surface area contributed by atoms with E-state index in [0.717, 1.165) is 31.9 Å². The molecule has 0 bridgehead atoms. The van der Waals surface area contributed by atoms with Gasteiger partial charge >= 0.3 is 0 Å². The molecule has 0 unspecified atom stereocenters. The summed E-state index contributed by atoms with van der Waals surface area (Å²) in [6.45, 7) is 9.57. The highest BCUT2D eigenvalue weighted by atomic mass is 16.5. The Kier molecular flexibility index (Phi) is 5.94. The molecule has 2 heteroatoms. The van der Waals surface area contributed by atoms with Gasteiger partial charge < -0.3 is 10.1 Å². The molecule has 16 heavy (non-hydrogen) atoms. The smallest absolute Gasteiger partial charge is 0.137 e. The Bertz CT molecular complexity index is 299. The van der Waals surface area contributed by atoms with Gasteiger partial charge in [0, 0.05) is 0 Å². The minimum absolute atomic E-state index is 0.575. The Balaban J connectivity index is 2.57. The van der Waals surface area contributed by atoms with E-state index >= 15 is 0 Å². The van der Waals surface area contributed by atoms with Crippen LogP contribution >= 0.6 is 0 Å². The molecule has 1 rings (SSSR count). The monoisotopic (exact) mass is 222 g/mol. The minimum Gasteiger partial charge on any atom is -0.487 e. The van der Waals surface area contributed by atoms with Crippen molar-refractivity contribution < 1.29 is 10.1 Å². The van der Waals surface area contributed by atoms with E-state index in [-0.39, 0.29) is 0 Å². The predicted octanol–water partition coefficient (Wildman–Crippen LogP) is 2.16. The molecule has 2 N–H and O–H groups in total. The van der Waals surface area contributed by atoms with Crippen molar-refractivity contribution in [3.63, 3.8) is 0 Å². The number of likely N-dealkylation sites (N-methyl/N-ethyl adjacent to an activating group) is 1. The molecule has 0 amide bonds. The van der Waals surface area contributed by atoms with Crippen LogP contribution in [0.3, 0.4) is 0 Å². The number of hydrogen-bond donors (Lipinski definition) is 1. The molecule has 0 radical (unpaired) electrons. The number of hydrogen-bond acceptors (Lipinski definition) is 1. The Hall–Kier alpha value is -1.02. The summed E-state index contributed by atoms with van der Waals surface area (Å²) in [4.78, 5) is 0. The molecular formula is C14H24NO+. The first kappa shape index (κ1) is 13.0. The lowest BCUT2D eigenvalue weighted by Gasteiger charge is -2.15. The van der Waals surface area contributed by atoms with Gasteiger partial charge in [-0.1, -0.05) is 32.0 Å². The first-order chi connectivity index (χ1) is 7.79. The number of para-hydroxylation sites is 1. The molecule has 0 saturated carbocycles. The van der Waals surface area contributed by atoms with Crippen molar-refractivity contribution in [3.8, 4) is 5.75 Å².